The molecule has 0 radical (unpaired) electrons. The topological polar surface area (TPSA) is 49.4 Å². The molecule has 2 amide bonds. The van der Waals surface area contributed by atoms with Gasteiger partial charge in [0.05, 0.1) is 6.54 Å². The van der Waals surface area contributed by atoms with Crippen LogP contribution in [0.3, 0.4) is 0 Å². The Bertz CT molecular complexity index is 157. The van der Waals surface area contributed by atoms with Crippen LogP contribution >= 0.6 is 0 Å². The maximum atomic E-state index is 10.8. The van der Waals surface area contributed by atoms with Gasteiger partial charge in [-0.1, -0.05) is 6.08 Å². The SMILES string of the molecule is C=CCNC(=O)CN(C)C=O. The van der Waals surface area contributed by atoms with E-state index in [0.717, 1.165) is 0 Å². The van der Waals surface area contributed by atoms with Gasteiger partial charge in [0.15, 0.2) is 0 Å². The van der Waals surface area contributed by atoms with Crippen LogP contribution in [0.1, 0.15) is 0 Å². The fourth-order valence-corrected chi connectivity index (χ4v) is 0.506. The van der Waals surface area contributed by atoms with Crippen LogP contribution in [0.5, 0.6) is 0 Å². The summed E-state index contributed by atoms with van der Waals surface area (Å²) in [6, 6.07) is 0. The van der Waals surface area contributed by atoms with Crippen molar-refractivity contribution in [2.24, 2.45) is 0 Å². The van der Waals surface area contributed by atoms with Gasteiger partial charge in [-0.2, -0.15) is 0 Å². The van der Waals surface area contributed by atoms with Gasteiger partial charge < -0.3 is 10.2 Å². The molecule has 11 heavy (non-hydrogen) atoms. The van der Waals surface area contributed by atoms with Gasteiger partial charge in [0.25, 0.3) is 0 Å². The highest BCUT2D eigenvalue weighted by Crippen LogP contribution is 1.74. The fraction of sp³-hybridized carbons (Fsp3) is 0.429. The third kappa shape index (κ3) is 5.14. The van der Waals surface area contributed by atoms with Crippen LogP contribution in [-0.4, -0.2) is 37.4 Å². The van der Waals surface area contributed by atoms with Gasteiger partial charge in [-0.25, -0.2) is 0 Å². The Kier molecular flexibility index (Phi) is 4.81. The third-order valence-corrected chi connectivity index (χ3v) is 1.02. The van der Waals surface area contributed by atoms with Crippen molar-refractivity contribution in [2.45, 2.75) is 0 Å². The van der Waals surface area contributed by atoms with E-state index in [2.05, 4.69) is 11.9 Å². The van der Waals surface area contributed by atoms with E-state index in [1.54, 1.807) is 13.1 Å². The molecule has 0 fully saturated rings. The van der Waals surface area contributed by atoms with Crippen molar-refractivity contribution in [2.75, 3.05) is 20.1 Å². The lowest BCUT2D eigenvalue weighted by molar-refractivity contribution is -0.126. The summed E-state index contributed by atoms with van der Waals surface area (Å²) >= 11 is 0. The molecule has 62 valence electrons. The number of nitrogens with one attached hydrogen (secondary N) is 1. The van der Waals surface area contributed by atoms with Gasteiger partial charge in [-0.3, -0.25) is 9.59 Å². The van der Waals surface area contributed by atoms with Gasteiger partial charge in [-0.05, 0) is 0 Å². The molecule has 0 saturated carbocycles. The molecular formula is C7H12N2O2. The molecule has 0 aromatic heterocycles. The Morgan fingerprint density at radius 1 is 1.73 bits per heavy atom. The first-order valence-electron chi connectivity index (χ1n) is 3.24. The number of amides is 2. The second-order valence-electron chi connectivity index (χ2n) is 2.11. The normalized spacial score (nSPS) is 8.45. The highest BCUT2D eigenvalue weighted by molar-refractivity contribution is 5.79. The van der Waals surface area contributed by atoms with E-state index in [4.69, 9.17) is 0 Å². The first kappa shape index (κ1) is 9.68. The Hall–Kier alpha value is -1.32. The summed E-state index contributed by atoms with van der Waals surface area (Å²) in [5.74, 6) is -0.181. The standard InChI is InChI=1S/C7H12N2O2/c1-3-4-8-7(11)5-9(2)6-10/h3,6H,1,4-5H2,2H3,(H,8,11). The zero-order valence-electron chi connectivity index (χ0n) is 6.54. The van der Waals surface area contributed by atoms with Crippen molar-refractivity contribution in [1.29, 1.82) is 0 Å². The lowest BCUT2D eigenvalue weighted by atomic mass is 10.5. The molecule has 0 aromatic carbocycles. The van der Waals surface area contributed by atoms with Gasteiger partial charge in [-0.15, -0.1) is 6.58 Å². The number of carbonyl (C=O) groups excluding carboxylic acids is 2. The van der Waals surface area contributed by atoms with Crippen LogP contribution in [-0.2, 0) is 9.59 Å². The highest BCUT2D eigenvalue weighted by atomic mass is 16.2. The summed E-state index contributed by atoms with van der Waals surface area (Å²) in [5, 5.41) is 2.54. The summed E-state index contributed by atoms with van der Waals surface area (Å²) in [7, 11) is 1.54. The monoisotopic (exact) mass is 156 g/mol. The summed E-state index contributed by atoms with van der Waals surface area (Å²) in [5.41, 5.74) is 0. The first-order chi connectivity index (χ1) is 5.20. The minimum atomic E-state index is -0.181. The molecule has 0 atom stereocenters. The molecule has 0 heterocycles. The Labute approximate surface area is 65.9 Å². The second-order valence-corrected chi connectivity index (χ2v) is 2.11. The minimum Gasteiger partial charge on any atom is -0.351 e. The largest absolute Gasteiger partial charge is 0.351 e. The molecule has 4 nitrogen and oxygen atoms in total. The predicted molar refractivity (Wildman–Crippen MR) is 41.9 cm³/mol. The number of nitrogens with zero attached hydrogens (tertiary/aromatic N) is 1. The Morgan fingerprint density at radius 2 is 2.36 bits per heavy atom. The number of likely N-dealkylation sites (N-methyl/N-ethyl adjacent to an activating group) is 1. The molecule has 0 unspecified atom stereocenters. The van der Waals surface area contributed by atoms with Crippen LogP contribution < -0.4 is 5.32 Å². The van der Waals surface area contributed by atoms with Crippen molar-refractivity contribution >= 4 is 12.3 Å². The summed E-state index contributed by atoms with van der Waals surface area (Å²) < 4.78 is 0. The van der Waals surface area contributed by atoms with Crippen LogP contribution in [0.15, 0.2) is 12.7 Å². The summed E-state index contributed by atoms with van der Waals surface area (Å²) in [4.78, 5) is 22.1. The van der Waals surface area contributed by atoms with E-state index in [9.17, 15) is 9.59 Å². The molecule has 0 aliphatic carbocycles. The molecule has 0 spiro atoms. The van der Waals surface area contributed by atoms with Crippen LogP contribution in [0, 0.1) is 0 Å². The quantitative estimate of drug-likeness (QED) is 0.426. The predicted octanol–water partition coefficient (Wildman–Crippen LogP) is -0.623. The lowest BCUT2D eigenvalue weighted by Gasteiger charge is -2.08. The van der Waals surface area contributed by atoms with Gasteiger partial charge in [0.1, 0.15) is 0 Å². The zero-order valence-corrected chi connectivity index (χ0v) is 6.54. The number of rotatable bonds is 5. The molecule has 1 N–H and O–H groups in total. The van der Waals surface area contributed by atoms with E-state index in [1.165, 1.54) is 4.90 Å². The third-order valence-electron chi connectivity index (χ3n) is 1.02. The lowest BCUT2D eigenvalue weighted by Crippen LogP contribution is -2.34. The molecule has 0 saturated heterocycles. The first-order valence-corrected chi connectivity index (χ1v) is 3.24. The van der Waals surface area contributed by atoms with E-state index in [1.807, 2.05) is 0 Å². The molecular weight excluding hydrogens is 144 g/mol. The van der Waals surface area contributed by atoms with E-state index in [0.29, 0.717) is 13.0 Å². The van der Waals surface area contributed by atoms with Crippen molar-refractivity contribution in [3.05, 3.63) is 12.7 Å². The highest BCUT2D eigenvalue weighted by Gasteiger charge is 2.01. The van der Waals surface area contributed by atoms with E-state index < -0.39 is 0 Å². The molecule has 0 aromatic rings. The number of carbonyl (C=O) groups is 2. The maximum absolute atomic E-state index is 10.8. The van der Waals surface area contributed by atoms with Gasteiger partial charge in [0.2, 0.25) is 12.3 Å². The molecule has 0 aliphatic rings. The van der Waals surface area contributed by atoms with E-state index in [-0.39, 0.29) is 12.5 Å². The average molecular weight is 156 g/mol. The van der Waals surface area contributed by atoms with Crippen molar-refractivity contribution in [3.8, 4) is 0 Å². The molecule has 0 rings (SSSR count). The van der Waals surface area contributed by atoms with Crippen molar-refractivity contribution < 1.29 is 9.59 Å². The molecule has 0 aliphatic heterocycles. The van der Waals surface area contributed by atoms with Crippen LogP contribution in [0.4, 0.5) is 0 Å². The number of hydrogen-bond donors (Lipinski definition) is 1. The van der Waals surface area contributed by atoms with Crippen LogP contribution in [0.2, 0.25) is 0 Å². The average Bonchev–Trinajstić information content (AvgIpc) is 2.00. The Balaban J connectivity index is 3.51. The molecule has 0 bridgehead atoms. The van der Waals surface area contributed by atoms with E-state index >= 15 is 0 Å². The zero-order chi connectivity index (χ0) is 8.69. The fourth-order valence-electron chi connectivity index (χ4n) is 0.506. The minimum absolute atomic E-state index is 0.0946. The molecule has 4 heteroatoms. The maximum Gasteiger partial charge on any atom is 0.239 e. The van der Waals surface area contributed by atoms with Crippen molar-refractivity contribution in [1.82, 2.24) is 10.2 Å². The van der Waals surface area contributed by atoms with Gasteiger partial charge in [0, 0.05) is 13.6 Å². The smallest absolute Gasteiger partial charge is 0.239 e. The van der Waals surface area contributed by atoms with Gasteiger partial charge >= 0.3 is 0 Å². The van der Waals surface area contributed by atoms with Crippen molar-refractivity contribution in [3.63, 3.8) is 0 Å². The second kappa shape index (κ2) is 5.46. The number of hydrogen-bond acceptors (Lipinski definition) is 2. The summed E-state index contributed by atoms with van der Waals surface area (Å²) in [6.45, 7) is 3.96. The Morgan fingerprint density at radius 3 is 2.82 bits per heavy atom. The van der Waals surface area contributed by atoms with Crippen LogP contribution in [0.25, 0.3) is 0 Å². The summed E-state index contributed by atoms with van der Waals surface area (Å²) in [6.07, 6.45) is 2.19.